The molecule has 5 nitrogen and oxygen atoms in total. The average Bonchev–Trinajstić information content (AvgIpc) is 2.64. The number of piperidine rings is 1. The molecule has 2 aromatic rings. The second-order valence-corrected chi connectivity index (χ2v) is 8.71. The number of anilines is 1. The van der Waals surface area contributed by atoms with E-state index in [2.05, 4.69) is 5.32 Å². The van der Waals surface area contributed by atoms with Gasteiger partial charge < -0.3 is 5.32 Å². The van der Waals surface area contributed by atoms with Crippen LogP contribution in [0.4, 0.5) is 5.69 Å². The van der Waals surface area contributed by atoms with E-state index in [4.69, 9.17) is 0 Å². The van der Waals surface area contributed by atoms with Crippen molar-refractivity contribution >= 4 is 21.6 Å². The smallest absolute Gasteiger partial charge is 0.228 e. The topological polar surface area (TPSA) is 66.5 Å². The molecule has 1 unspecified atom stereocenters. The van der Waals surface area contributed by atoms with Crippen molar-refractivity contribution in [2.24, 2.45) is 5.92 Å². The molecule has 1 N–H and O–H groups in total. The summed E-state index contributed by atoms with van der Waals surface area (Å²) in [5.74, 6) is -0.465. The number of benzene rings is 2. The molecule has 26 heavy (non-hydrogen) atoms. The number of carbonyl (C=O) groups excluding carboxylic acids is 1. The van der Waals surface area contributed by atoms with Crippen molar-refractivity contribution in [1.29, 1.82) is 0 Å². The van der Waals surface area contributed by atoms with E-state index in [9.17, 15) is 13.2 Å². The summed E-state index contributed by atoms with van der Waals surface area (Å²) in [7, 11) is -3.43. The standard InChI is InChI=1S/C20H24N2O3S/c1-16-8-5-6-12-19(16)21-20(23)18-11-7-13-22(14-18)26(24,25)15-17-9-3-2-4-10-17/h2-6,8-10,12,18H,7,11,13-15H2,1H3,(H,21,23). The lowest BCUT2D eigenvalue weighted by Gasteiger charge is -2.31. The Balaban J connectivity index is 1.67. The fraction of sp³-hybridized carbons (Fsp3) is 0.350. The first-order valence-corrected chi connectivity index (χ1v) is 10.4. The van der Waals surface area contributed by atoms with Gasteiger partial charge in [0, 0.05) is 18.8 Å². The van der Waals surface area contributed by atoms with Crippen molar-refractivity contribution in [3.63, 3.8) is 0 Å². The molecule has 0 aromatic heterocycles. The van der Waals surface area contributed by atoms with E-state index in [-0.39, 0.29) is 24.1 Å². The predicted molar refractivity (Wildman–Crippen MR) is 103 cm³/mol. The van der Waals surface area contributed by atoms with E-state index in [1.165, 1.54) is 4.31 Å². The van der Waals surface area contributed by atoms with Gasteiger partial charge in [-0.05, 0) is 37.0 Å². The number of amides is 1. The zero-order valence-electron chi connectivity index (χ0n) is 14.9. The fourth-order valence-electron chi connectivity index (χ4n) is 3.23. The summed E-state index contributed by atoms with van der Waals surface area (Å²) in [6.07, 6.45) is 1.40. The molecular weight excluding hydrogens is 348 g/mol. The van der Waals surface area contributed by atoms with Gasteiger partial charge in [-0.2, -0.15) is 0 Å². The first kappa shape index (κ1) is 18.6. The Hall–Kier alpha value is -2.18. The quantitative estimate of drug-likeness (QED) is 0.877. The largest absolute Gasteiger partial charge is 0.326 e. The monoisotopic (exact) mass is 372 g/mol. The maximum Gasteiger partial charge on any atom is 0.228 e. The first-order valence-electron chi connectivity index (χ1n) is 8.84. The number of rotatable bonds is 5. The molecule has 0 spiro atoms. The van der Waals surface area contributed by atoms with Crippen molar-refractivity contribution in [2.75, 3.05) is 18.4 Å². The molecule has 1 heterocycles. The number of sulfonamides is 1. The van der Waals surface area contributed by atoms with Crippen LogP contribution in [0.3, 0.4) is 0 Å². The molecule has 0 aliphatic carbocycles. The van der Waals surface area contributed by atoms with Gasteiger partial charge in [-0.15, -0.1) is 0 Å². The minimum atomic E-state index is -3.43. The average molecular weight is 372 g/mol. The van der Waals surface area contributed by atoms with E-state index in [1.807, 2.05) is 61.5 Å². The molecule has 1 aliphatic heterocycles. The highest BCUT2D eigenvalue weighted by atomic mass is 32.2. The Kier molecular flexibility index (Phi) is 5.74. The summed E-state index contributed by atoms with van der Waals surface area (Å²) in [6.45, 7) is 2.66. The van der Waals surface area contributed by atoms with E-state index in [0.717, 1.165) is 16.8 Å². The van der Waals surface area contributed by atoms with Gasteiger partial charge in [-0.3, -0.25) is 4.79 Å². The van der Waals surface area contributed by atoms with Crippen molar-refractivity contribution in [1.82, 2.24) is 4.31 Å². The third-order valence-electron chi connectivity index (χ3n) is 4.74. The molecule has 2 aromatic carbocycles. The van der Waals surface area contributed by atoms with Crippen LogP contribution in [0.5, 0.6) is 0 Å². The molecule has 0 saturated carbocycles. The molecule has 3 rings (SSSR count). The molecule has 1 amide bonds. The molecule has 6 heteroatoms. The van der Waals surface area contributed by atoms with Gasteiger partial charge in [0.2, 0.25) is 15.9 Å². The lowest BCUT2D eigenvalue weighted by Crippen LogP contribution is -2.44. The van der Waals surface area contributed by atoms with E-state index in [1.54, 1.807) is 0 Å². The van der Waals surface area contributed by atoms with Gasteiger partial charge in [-0.25, -0.2) is 12.7 Å². The lowest BCUT2D eigenvalue weighted by molar-refractivity contribution is -0.120. The Morgan fingerprint density at radius 1 is 1.12 bits per heavy atom. The van der Waals surface area contributed by atoms with E-state index < -0.39 is 10.0 Å². The molecule has 138 valence electrons. The number of nitrogens with zero attached hydrogens (tertiary/aromatic N) is 1. The van der Waals surface area contributed by atoms with Gasteiger partial charge in [-0.1, -0.05) is 48.5 Å². The maximum atomic E-state index is 12.7. The van der Waals surface area contributed by atoms with Gasteiger partial charge in [0.05, 0.1) is 11.7 Å². The number of aryl methyl sites for hydroxylation is 1. The maximum absolute atomic E-state index is 12.7. The zero-order chi connectivity index (χ0) is 18.6. The minimum absolute atomic E-state index is 0.0278. The first-order chi connectivity index (χ1) is 12.5. The van der Waals surface area contributed by atoms with Crippen LogP contribution in [0.25, 0.3) is 0 Å². The van der Waals surface area contributed by atoms with Crippen LogP contribution < -0.4 is 5.32 Å². The predicted octanol–water partition coefficient (Wildman–Crippen LogP) is 3.18. The highest BCUT2D eigenvalue weighted by Gasteiger charge is 2.32. The summed E-state index contributed by atoms with van der Waals surface area (Å²) in [6, 6.07) is 16.7. The van der Waals surface area contributed by atoms with Crippen LogP contribution >= 0.6 is 0 Å². The minimum Gasteiger partial charge on any atom is -0.326 e. The summed E-state index contributed by atoms with van der Waals surface area (Å²) >= 11 is 0. The zero-order valence-corrected chi connectivity index (χ0v) is 15.7. The summed E-state index contributed by atoms with van der Waals surface area (Å²) in [5.41, 5.74) is 2.53. The second kappa shape index (κ2) is 8.01. The Bertz CT molecular complexity index is 866. The molecule has 1 aliphatic rings. The van der Waals surface area contributed by atoms with Gasteiger partial charge in [0.15, 0.2) is 0 Å². The summed E-state index contributed by atoms with van der Waals surface area (Å²) < 4.78 is 26.9. The van der Waals surface area contributed by atoms with Crippen molar-refractivity contribution in [3.05, 3.63) is 65.7 Å². The molecule has 1 saturated heterocycles. The third kappa shape index (κ3) is 4.51. The highest BCUT2D eigenvalue weighted by Crippen LogP contribution is 2.23. The fourth-order valence-corrected chi connectivity index (χ4v) is 4.84. The van der Waals surface area contributed by atoms with Gasteiger partial charge in [0.25, 0.3) is 0 Å². The second-order valence-electron chi connectivity index (χ2n) is 6.74. The Morgan fingerprint density at radius 2 is 1.81 bits per heavy atom. The SMILES string of the molecule is Cc1ccccc1NC(=O)C1CCCN(S(=O)(=O)Cc2ccccc2)C1. The van der Waals surface area contributed by atoms with Gasteiger partial charge in [0.1, 0.15) is 0 Å². The number of hydrogen-bond donors (Lipinski definition) is 1. The van der Waals surface area contributed by atoms with Gasteiger partial charge >= 0.3 is 0 Å². The molecule has 0 bridgehead atoms. The normalized spacial score (nSPS) is 18.4. The van der Waals surface area contributed by atoms with Crippen LogP contribution in [0, 0.1) is 12.8 Å². The van der Waals surface area contributed by atoms with Crippen LogP contribution in [0.1, 0.15) is 24.0 Å². The van der Waals surface area contributed by atoms with Crippen molar-refractivity contribution in [2.45, 2.75) is 25.5 Å². The Morgan fingerprint density at radius 3 is 2.54 bits per heavy atom. The number of nitrogens with one attached hydrogen (secondary N) is 1. The lowest BCUT2D eigenvalue weighted by atomic mass is 9.98. The summed E-state index contributed by atoms with van der Waals surface area (Å²) in [5, 5.41) is 2.94. The molecule has 1 atom stereocenters. The van der Waals surface area contributed by atoms with Crippen LogP contribution in [0.15, 0.2) is 54.6 Å². The summed E-state index contributed by atoms with van der Waals surface area (Å²) in [4.78, 5) is 12.6. The van der Waals surface area contributed by atoms with E-state index >= 15 is 0 Å². The molecular formula is C20H24N2O3S. The van der Waals surface area contributed by atoms with Crippen LogP contribution in [0.2, 0.25) is 0 Å². The Labute approximate surface area is 155 Å². The van der Waals surface area contributed by atoms with Crippen LogP contribution in [-0.4, -0.2) is 31.7 Å². The van der Waals surface area contributed by atoms with E-state index in [0.29, 0.717) is 19.4 Å². The molecule has 0 radical (unpaired) electrons. The van der Waals surface area contributed by atoms with Crippen LogP contribution in [-0.2, 0) is 20.6 Å². The highest BCUT2D eigenvalue weighted by molar-refractivity contribution is 7.88. The number of hydrogen-bond acceptors (Lipinski definition) is 3. The number of para-hydroxylation sites is 1. The van der Waals surface area contributed by atoms with Crippen molar-refractivity contribution in [3.8, 4) is 0 Å². The molecule has 1 fully saturated rings. The third-order valence-corrected chi connectivity index (χ3v) is 6.56. The van der Waals surface area contributed by atoms with Crippen molar-refractivity contribution < 1.29 is 13.2 Å². The number of carbonyl (C=O) groups is 1.